The SMILES string of the molecule is CCCCCCCCCCc1ccc(-c2ncc(-c3ccc(OCC(F)CC)cc3)cn2)cc1. The van der Waals surface area contributed by atoms with Gasteiger partial charge in [-0.3, -0.25) is 0 Å². The van der Waals surface area contributed by atoms with Crippen molar-refractivity contribution in [3.63, 3.8) is 0 Å². The Morgan fingerprint density at radius 2 is 1.29 bits per heavy atom. The Bertz CT molecular complexity index is 939. The van der Waals surface area contributed by atoms with Crippen molar-refractivity contribution in [1.82, 2.24) is 9.97 Å². The molecule has 34 heavy (non-hydrogen) atoms. The van der Waals surface area contributed by atoms with Crippen molar-refractivity contribution in [2.75, 3.05) is 6.61 Å². The number of benzene rings is 2. The van der Waals surface area contributed by atoms with E-state index in [0.29, 0.717) is 12.2 Å². The molecular weight excluding hydrogens is 423 g/mol. The van der Waals surface area contributed by atoms with E-state index in [1.165, 1.54) is 56.9 Å². The number of halogens is 1. The highest BCUT2D eigenvalue weighted by Crippen LogP contribution is 2.24. The summed E-state index contributed by atoms with van der Waals surface area (Å²) in [6, 6.07) is 16.3. The van der Waals surface area contributed by atoms with Gasteiger partial charge in [-0.2, -0.15) is 0 Å². The van der Waals surface area contributed by atoms with Gasteiger partial charge in [0, 0.05) is 23.5 Å². The third-order valence-corrected chi connectivity index (χ3v) is 6.24. The first kappa shape index (κ1) is 25.9. The van der Waals surface area contributed by atoms with Gasteiger partial charge in [-0.05, 0) is 42.5 Å². The number of ether oxygens (including phenoxy) is 1. The molecule has 1 aromatic heterocycles. The molecule has 0 aliphatic rings. The smallest absolute Gasteiger partial charge is 0.159 e. The second-order valence-electron chi connectivity index (χ2n) is 9.06. The van der Waals surface area contributed by atoms with Crippen LogP contribution < -0.4 is 4.74 Å². The molecule has 0 N–H and O–H groups in total. The Morgan fingerprint density at radius 1 is 0.706 bits per heavy atom. The molecule has 0 saturated heterocycles. The molecule has 1 unspecified atom stereocenters. The fourth-order valence-electron chi connectivity index (χ4n) is 3.96. The van der Waals surface area contributed by atoms with Gasteiger partial charge in [-0.15, -0.1) is 0 Å². The Hall–Kier alpha value is -2.75. The maximum Gasteiger partial charge on any atom is 0.159 e. The van der Waals surface area contributed by atoms with Gasteiger partial charge in [-0.1, -0.05) is 95.2 Å². The van der Waals surface area contributed by atoms with E-state index < -0.39 is 6.17 Å². The van der Waals surface area contributed by atoms with Gasteiger partial charge in [-0.25, -0.2) is 14.4 Å². The number of nitrogens with zero attached hydrogens (tertiary/aromatic N) is 2. The lowest BCUT2D eigenvalue weighted by molar-refractivity contribution is 0.192. The minimum absolute atomic E-state index is 0.0889. The van der Waals surface area contributed by atoms with E-state index in [2.05, 4.69) is 41.2 Å². The number of alkyl halides is 1. The number of aryl methyl sites for hydroxylation is 1. The number of unbranched alkanes of at least 4 members (excludes halogenated alkanes) is 7. The van der Waals surface area contributed by atoms with Crippen LogP contribution in [0.15, 0.2) is 60.9 Å². The van der Waals surface area contributed by atoms with Crippen LogP contribution >= 0.6 is 0 Å². The summed E-state index contributed by atoms with van der Waals surface area (Å²) in [6.45, 7) is 4.17. The molecule has 0 aliphatic heterocycles. The molecule has 182 valence electrons. The normalized spacial score (nSPS) is 12.0. The molecular formula is C30H39FN2O. The monoisotopic (exact) mass is 462 g/mol. The third kappa shape index (κ3) is 8.55. The Kier molecular flexibility index (Phi) is 11.0. The van der Waals surface area contributed by atoms with Gasteiger partial charge >= 0.3 is 0 Å². The number of hydrogen-bond acceptors (Lipinski definition) is 3. The van der Waals surface area contributed by atoms with Gasteiger partial charge in [0.05, 0.1) is 0 Å². The van der Waals surface area contributed by atoms with Crippen LogP contribution in [0.2, 0.25) is 0 Å². The van der Waals surface area contributed by atoms with Crippen molar-refractivity contribution in [1.29, 1.82) is 0 Å². The van der Waals surface area contributed by atoms with Crippen LogP contribution in [0.25, 0.3) is 22.5 Å². The van der Waals surface area contributed by atoms with E-state index in [1.807, 2.05) is 43.6 Å². The molecule has 0 amide bonds. The van der Waals surface area contributed by atoms with E-state index in [0.717, 1.165) is 28.9 Å². The summed E-state index contributed by atoms with van der Waals surface area (Å²) in [5, 5.41) is 0. The molecule has 1 heterocycles. The van der Waals surface area contributed by atoms with Crippen LogP contribution in [0.5, 0.6) is 5.75 Å². The highest BCUT2D eigenvalue weighted by molar-refractivity contribution is 5.64. The van der Waals surface area contributed by atoms with Gasteiger partial charge in [0.1, 0.15) is 18.5 Å². The quantitative estimate of drug-likeness (QED) is 0.212. The fraction of sp³-hybridized carbons (Fsp3) is 0.467. The Labute approximate surface area is 204 Å². The van der Waals surface area contributed by atoms with Crippen LogP contribution in [0.4, 0.5) is 4.39 Å². The van der Waals surface area contributed by atoms with Crippen molar-refractivity contribution in [3.8, 4) is 28.3 Å². The summed E-state index contributed by atoms with van der Waals surface area (Å²) in [7, 11) is 0. The lowest BCUT2D eigenvalue weighted by Crippen LogP contribution is -2.11. The van der Waals surface area contributed by atoms with Gasteiger partial charge in [0.15, 0.2) is 5.82 Å². The summed E-state index contributed by atoms with van der Waals surface area (Å²) in [6.07, 6.45) is 15.2. The second kappa shape index (κ2) is 14.5. The van der Waals surface area contributed by atoms with E-state index in [4.69, 9.17) is 4.74 Å². The third-order valence-electron chi connectivity index (χ3n) is 6.24. The zero-order chi connectivity index (χ0) is 24.0. The topological polar surface area (TPSA) is 35.0 Å². The predicted octanol–water partition coefficient (Wildman–Crippen LogP) is 8.62. The Morgan fingerprint density at radius 3 is 1.91 bits per heavy atom. The summed E-state index contributed by atoms with van der Waals surface area (Å²) >= 11 is 0. The minimum atomic E-state index is -0.931. The minimum Gasteiger partial charge on any atom is -0.491 e. The van der Waals surface area contributed by atoms with Crippen molar-refractivity contribution < 1.29 is 9.13 Å². The molecule has 0 fully saturated rings. The van der Waals surface area contributed by atoms with Crippen LogP contribution in [0.1, 0.15) is 77.2 Å². The van der Waals surface area contributed by atoms with Crippen LogP contribution in [-0.2, 0) is 6.42 Å². The molecule has 4 heteroatoms. The molecule has 0 radical (unpaired) electrons. The summed E-state index contributed by atoms with van der Waals surface area (Å²) in [4.78, 5) is 9.15. The second-order valence-corrected chi connectivity index (χ2v) is 9.06. The molecule has 0 spiro atoms. The fourth-order valence-corrected chi connectivity index (χ4v) is 3.96. The molecule has 3 rings (SSSR count). The highest BCUT2D eigenvalue weighted by Gasteiger charge is 2.06. The predicted molar refractivity (Wildman–Crippen MR) is 140 cm³/mol. The molecule has 3 nitrogen and oxygen atoms in total. The molecule has 0 aliphatic carbocycles. The van der Waals surface area contributed by atoms with E-state index in [9.17, 15) is 4.39 Å². The van der Waals surface area contributed by atoms with E-state index in [-0.39, 0.29) is 6.61 Å². The number of rotatable bonds is 15. The number of hydrogen-bond donors (Lipinski definition) is 0. The zero-order valence-electron chi connectivity index (χ0n) is 20.8. The van der Waals surface area contributed by atoms with E-state index >= 15 is 0 Å². The first-order valence-electron chi connectivity index (χ1n) is 13.0. The standard InChI is InChI=1S/C30H39FN2O/c1-3-5-6-7-8-9-10-11-12-24-13-15-26(16-14-24)30-32-21-27(22-33-30)25-17-19-29(20-18-25)34-23-28(31)4-2/h13-22,28H,3-12,23H2,1-2H3. The lowest BCUT2D eigenvalue weighted by atomic mass is 10.0. The largest absolute Gasteiger partial charge is 0.491 e. The van der Waals surface area contributed by atoms with Crippen LogP contribution in [0, 0.1) is 0 Å². The van der Waals surface area contributed by atoms with Crippen LogP contribution in [0.3, 0.4) is 0 Å². The average Bonchev–Trinajstić information content (AvgIpc) is 2.89. The van der Waals surface area contributed by atoms with Crippen molar-refractivity contribution in [3.05, 3.63) is 66.5 Å². The van der Waals surface area contributed by atoms with Gasteiger partial charge in [0.25, 0.3) is 0 Å². The van der Waals surface area contributed by atoms with Crippen LogP contribution in [-0.4, -0.2) is 22.7 Å². The maximum absolute atomic E-state index is 13.3. The van der Waals surface area contributed by atoms with Crippen molar-refractivity contribution in [2.45, 2.75) is 84.2 Å². The van der Waals surface area contributed by atoms with Gasteiger partial charge < -0.3 is 4.74 Å². The summed E-state index contributed by atoms with van der Waals surface area (Å²) in [5.74, 6) is 1.40. The highest BCUT2D eigenvalue weighted by atomic mass is 19.1. The van der Waals surface area contributed by atoms with Crippen molar-refractivity contribution >= 4 is 0 Å². The molecule has 0 bridgehead atoms. The first-order valence-corrected chi connectivity index (χ1v) is 13.0. The van der Waals surface area contributed by atoms with Crippen molar-refractivity contribution in [2.24, 2.45) is 0 Å². The lowest BCUT2D eigenvalue weighted by Gasteiger charge is -2.09. The molecule has 1 atom stereocenters. The summed E-state index contributed by atoms with van der Waals surface area (Å²) < 4.78 is 18.8. The average molecular weight is 463 g/mol. The molecule has 0 saturated carbocycles. The maximum atomic E-state index is 13.3. The Balaban J connectivity index is 1.46. The summed E-state index contributed by atoms with van der Waals surface area (Å²) in [5.41, 5.74) is 4.36. The molecule has 3 aromatic rings. The molecule has 2 aromatic carbocycles. The first-order chi connectivity index (χ1) is 16.7. The number of aromatic nitrogens is 2. The zero-order valence-corrected chi connectivity index (χ0v) is 20.8. The van der Waals surface area contributed by atoms with Gasteiger partial charge in [0.2, 0.25) is 0 Å². The van der Waals surface area contributed by atoms with E-state index in [1.54, 1.807) is 0 Å².